The molecule has 2 fully saturated rings. The molecule has 31 heavy (non-hydrogen) atoms. The molecule has 1 saturated heterocycles. The predicted molar refractivity (Wildman–Crippen MR) is 122 cm³/mol. The van der Waals surface area contributed by atoms with E-state index in [-0.39, 0.29) is 17.7 Å². The fraction of sp³-hybridized carbons (Fsp3) is 0.522. The van der Waals surface area contributed by atoms with Crippen LogP contribution in [0.1, 0.15) is 42.6 Å². The zero-order valence-corrected chi connectivity index (χ0v) is 19.5. The Morgan fingerprint density at radius 3 is 2.29 bits per heavy atom. The summed E-state index contributed by atoms with van der Waals surface area (Å²) < 4.78 is 1.80. The highest BCUT2D eigenvalue weighted by atomic mass is 35.5. The molecule has 0 spiro atoms. The Labute approximate surface area is 193 Å². The topological polar surface area (TPSA) is 58.4 Å². The summed E-state index contributed by atoms with van der Waals surface area (Å²) in [4.78, 5) is 29.4. The quantitative estimate of drug-likeness (QED) is 0.683. The van der Waals surface area contributed by atoms with Gasteiger partial charge < -0.3 is 9.80 Å². The van der Waals surface area contributed by atoms with Gasteiger partial charge in [0.2, 0.25) is 11.8 Å². The standard InChI is InChI=1S/C23H28Cl2N4O2/c1-15-19(16(2)29(26-15)18-7-8-20(24)21(25)13-18)14-22(30)27-9-11-28(12-10-27)23(31)17-5-3-4-6-17/h7-8,13,17H,3-6,9-12,14H2,1-2H3. The fourth-order valence-corrected chi connectivity index (χ4v) is 4.96. The summed E-state index contributed by atoms with van der Waals surface area (Å²) in [7, 11) is 0. The largest absolute Gasteiger partial charge is 0.339 e. The Balaban J connectivity index is 1.40. The van der Waals surface area contributed by atoms with Gasteiger partial charge in [0.1, 0.15) is 0 Å². The molecule has 1 aromatic carbocycles. The minimum Gasteiger partial charge on any atom is -0.339 e. The molecule has 2 amide bonds. The molecule has 166 valence electrons. The molecule has 6 nitrogen and oxygen atoms in total. The van der Waals surface area contributed by atoms with Crippen LogP contribution in [-0.4, -0.2) is 57.6 Å². The number of rotatable bonds is 4. The van der Waals surface area contributed by atoms with E-state index in [1.54, 1.807) is 16.8 Å². The molecule has 1 aliphatic heterocycles. The highest BCUT2D eigenvalue weighted by molar-refractivity contribution is 6.42. The lowest BCUT2D eigenvalue weighted by atomic mass is 10.1. The summed E-state index contributed by atoms with van der Waals surface area (Å²) in [5.74, 6) is 0.548. The number of nitrogens with zero attached hydrogens (tertiary/aromatic N) is 4. The Morgan fingerprint density at radius 2 is 1.65 bits per heavy atom. The second kappa shape index (κ2) is 9.21. The van der Waals surface area contributed by atoms with Gasteiger partial charge in [0.25, 0.3) is 0 Å². The first-order chi connectivity index (χ1) is 14.8. The second-order valence-electron chi connectivity index (χ2n) is 8.52. The number of aryl methyl sites for hydroxylation is 1. The van der Waals surface area contributed by atoms with Crippen LogP contribution in [0.2, 0.25) is 10.0 Å². The van der Waals surface area contributed by atoms with E-state index in [1.807, 2.05) is 29.7 Å². The van der Waals surface area contributed by atoms with E-state index >= 15 is 0 Å². The summed E-state index contributed by atoms with van der Waals surface area (Å²) in [6, 6.07) is 5.38. The number of hydrogen-bond donors (Lipinski definition) is 0. The number of carbonyl (C=O) groups excluding carboxylic acids is 2. The Kier molecular flexibility index (Phi) is 6.58. The first kappa shape index (κ1) is 22.2. The van der Waals surface area contributed by atoms with Crippen molar-refractivity contribution in [3.05, 3.63) is 45.2 Å². The molecule has 2 heterocycles. The lowest BCUT2D eigenvalue weighted by Gasteiger charge is -2.36. The summed E-state index contributed by atoms with van der Waals surface area (Å²) in [6.45, 7) is 6.32. The smallest absolute Gasteiger partial charge is 0.227 e. The zero-order chi connectivity index (χ0) is 22.1. The van der Waals surface area contributed by atoms with Crippen LogP contribution in [-0.2, 0) is 16.0 Å². The number of carbonyl (C=O) groups is 2. The SMILES string of the molecule is Cc1nn(-c2ccc(Cl)c(Cl)c2)c(C)c1CC(=O)N1CCN(C(=O)C2CCCC2)CC1. The predicted octanol–water partition coefficient (Wildman–Crippen LogP) is 4.20. The zero-order valence-electron chi connectivity index (χ0n) is 18.0. The van der Waals surface area contributed by atoms with E-state index in [2.05, 4.69) is 5.10 Å². The summed E-state index contributed by atoms with van der Waals surface area (Å²) in [6.07, 6.45) is 4.64. The van der Waals surface area contributed by atoms with Gasteiger partial charge in [0, 0.05) is 43.4 Å². The van der Waals surface area contributed by atoms with Crippen LogP contribution in [0.3, 0.4) is 0 Å². The number of halogens is 2. The van der Waals surface area contributed by atoms with Crippen LogP contribution < -0.4 is 0 Å². The molecule has 4 rings (SSSR count). The van der Waals surface area contributed by atoms with Crippen LogP contribution in [0.5, 0.6) is 0 Å². The van der Waals surface area contributed by atoms with Gasteiger partial charge in [-0.1, -0.05) is 36.0 Å². The Hall–Kier alpha value is -2.05. The van der Waals surface area contributed by atoms with Gasteiger partial charge in [-0.2, -0.15) is 5.10 Å². The molecule has 0 N–H and O–H groups in total. The fourth-order valence-electron chi connectivity index (χ4n) is 4.67. The number of benzene rings is 1. The van der Waals surface area contributed by atoms with E-state index in [9.17, 15) is 9.59 Å². The molecule has 0 unspecified atom stereocenters. The van der Waals surface area contributed by atoms with Gasteiger partial charge in [0.05, 0.1) is 27.8 Å². The Morgan fingerprint density at radius 1 is 1.00 bits per heavy atom. The van der Waals surface area contributed by atoms with Crippen LogP contribution >= 0.6 is 23.2 Å². The van der Waals surface area contributed by atoms with E-state index in [4.69, 9.17) is 23.2 Å². The van der Waals surface area contributed by atoms with Gasteiger partial charge in [-0.05, 0) is 44.9 Å². The lowest BCUT2D eigenvalue weighted by Crippen LogP contribution is -2.52. The Bertz CT molecular complexity index is 990. The molecular weight excluding hydrogens is 435 g/mol. The molecule has 1 saturated carbocycles. The second-order valence-corrected chi connectivity index (χ2v) is 9.34. The minimum atomic E-state index is 0.0767. The normalized spacial score (nSPS) is 17.4. The molecule has 1 aliphatic carbocycles. The third-order valence-corrected chi connectivity index (χ3v) is 7.30. The monoisotopic (exact) mass is 462 g/mol. The van der Waals surface area contributed by atoms with Crippen molar-refractivity contribution in [1.82, 2.24) is 19.6 Å². The molecule has 0 radical (unpaired) electrons. The highest BCUT2D eigenvalue weighted by Crippen LogP contribution is 2.28. The van der Waals surface area contributed by atoms with Crippen molar-refractivity contribution in [2.24, 2.45) is 5.92 Å². The lowest BCUT2D eigenvalue weighted by molar-refractivity contribution is -0.141. The first-order valence-corrected chi connectivity index (χ1v) is 11.7. The summed E-state index contributed by atoms with van der Waals surface area (Å²) in [5.41, 5.74) is 3.49. The van der Waals surface area contributed by atoms with Crippen molar-refractivity contribution >= 4 is 35.0 Å². The summed E-state index contributed by atoms with van der Waals surface area (Å²) >= 11 is 12.2. The first-order valence-electron chi connectivity index (χ1n) is 10.9. The van der Waals surface area contributed by atoms with E-state index in [1.165, 1.54) is 0 Å². The van der Waals surface area contributed by atoms with E-state index < -0.39 is 0 Å². The maximum atomic E-state index is 13.0. The van der Waals surface area contributed by atoms with Crippen molar-refractivity contribution in [1.29, 1.82) is 0 Å². The molecule has 0 bridgehead atoms. The van der Waals surface area contributed by atoms with Crippen LogP contribution in [0.4, 0.5) is 0 Å². The molecule has 8 heteroatoms. The molecular formula is C23H28Cl2N4O2. The van der Waals surface area contributed by atoms with Gasteiger partial charge in [-0.25, -0.2) is 4.68 Å². The van der Waals surface area contributed by atoms with Crippen LogP contribution in [0.25, 0.3) is 5.69 Å². The number of amides is 2. The van der Waals surface area contributed by atoms with Crippen molar-refractivity contribution < 1.29 is 9.59 Å². The summed E-state index contributed by atoms with van der Waals surface area (Å²) in [5, 5.41) is 5.58. The third-order valence-electron chi connectivity index (χ3n) is 6.57. The number of hydrogen-bond acceptors (Lipinski definition) is 3. The maximum Gasteiger partial charge on any atom is 0.227 e. The van der Waals surface area contributed by atoms with Crippen LogP contribution in [0, 0.1) is 19.8 Å². The number of piperazine rings is 1. The minimum absolute atomic E-state index is 0.0767. The number of aromatic nitrogens is 2. The van der Waals surface area contributed by atoms with Crippen molar-refractivity contribution in [3.8, 4) is 5.69 Å². The van der Waals surface area contributed by atoms with E-state index in [0.717, 1.165) is 48.3 Å². The van der Waals surface area contributed by atoms with Gasteiger partial charge in [-0.3, -0.25) is 9.59 Å². The average Bonchev–Trinajstić information content (AvgIpc) is 3.40. The average molecular weight is 463 g/mol. The molecule has 0 atom stereocenters. The molecule has 1 aromatic heterocycles. The van der Waals surface area contributed by atoms with Crippen molar-refractivity contribution in [2.45, 2.75) is 46.0 Å². The molecule has 2 aromatic rings. The van der Waals surface area contributed by atoms with Crippen molar-refractivity contribution in [2.75, 3.05) is 26.2 Å². The van der Waals surface area contributed by atoms with Crippen LogP contribution in [0.15, 0.2) is 18.2 Å². The molecule has 2 aliphatic rings. The maximum absolute atomic E-state index is 13.0. The third kappa shape index (κ3) is 4.60. The highest BCUT2D eigenvalue weighted by Gasteiger charge is 2.31. The van der Waals surface area contributed by atoms with Gasteiger partial charge in [-0.15, -0.1) is 0 Å². The van der Waals surface area contributed by atoms with Crippen molar-refractivity contribution in [3.63, 3.8) is 0 Å². The van der Waals surface area contributed by atoms with Gasteiger partial charge >= 0.3 is 0 Å². The van der Waals surface area contributed by atoms with Gasteiger partial charge in [0.15, 0.2) is 0 Å². The van der Waals surface area contributed by atoms with E-state index in [0.29, 0.717) is 42.6 Å².